The van der Waals surface area contributed by atoms with Gasteiger partial charge in [0.1, 0.15) is 5.60 Å². The minimum atomic E-state index is -0.918. The zero-order chi connectivity index (χ0) is 15.7. The number of amides is 1. The van der Waals surface area contributed by atoms with E-state index in [1.807, 2.05) is 30.3 Å². The lowest BCUT2D eigenvalue weighted by Crippen LogP contribution is -2.38. The van der Waals surface area contributed by atoms with Crippen LogP contribution in [-0.2, 0) is 9.53 Å². The fourth-order valence-corrected chi connectivity index (χ4v) is 2.48. The highest BCUT2D eigenvalue weighted by Gasteiger charge is 2.61. The van der Waals surface area contributed by atoms with Crippen molar-refractivity contribution < 1.29 is 19.4 Å². The lowest BCUT2D eigenvalue weighted by Gasteiger charge is -2.21. The minimum absolute atomic E-state index is 0.0638. The SMILES string of the molecule is CC(C)(C)OC(=O)NCC1(C(=O)O)CC1c1ccccc1. The molecule has 0 bridgehead atoms. The number of hydrogen-bond donors (Lipinski definition) is 2. The molecule has 1 aromatic rings. The predicted octanol–water partition coefficient (Wildman–Crippen LogP) is 2.77. The third-order valence-corrected chi connectivity index (χ3v) is 3.65. The van der Waals surface area contributed by atoms with Crippen LogP contribution in [0.3, 0.4) is 0 Å². The molecule has 0 saturated heterocycles. The Morgan fingerprint density at radius 2 is 1.95 bits per heavy atom. The molecule has 1 aliphatic rings. The van der Waals surface area contributed by atoms with Crippen molar-refractivity contribution in [3.05, 3.63) is 35.9 Å². The summed E-state index contributed by atoms with van der Waals surface area (Å²) in [6, 6.07) is 9.52. The Balaban J connectivity index is 2.00. The van der Waals surface area contributed by atoms with Gasteiger partial charge in [0.15, 0.2) is 0 Å². The van der Waals surface area contributed by atoms with Gasteiger partial charge < -0.3 is 15.2 Å². The molecule has 2 N–H and O–H groups in total. The summed E-state index contributed by atoms with van der Waals surface area (Å²) in [6.07, 6.45) is -0.0517. The molecule has 1 fully saturated rings. The third kappa shape index (κ3) is 3.54. The second kappa shape index (κ2) is 5.39. The third-order valence-electron chi connectivity index (χ3n) is 3.65. The molecule has 0 aliphatic heterocycles. The topological polar surface area (TPSA) is 75.6 Å². The van der Waals surface area contributed by atoms with Crippen LogP contribution in [0.15, 0.2) is 30.3 Å². The summed E-state index contributed by atoms with van der Waals surface area (Å²) in [5.74, 6) is -0.946. The molecule has 0 radical (unpaired) electrons. The fourth-order valence-electron chi connectivity index (χ4n) is 2.48. The maximum Gasteiger partial charge on any atom is 0.407 e. The first kappa shape index (κ1) is 15.4. The summed E-state index contributed by atoms with van der Waals surface area (Å²) in [7, 11) is 0. The molecule has 21 heavy (non-hydrogen) atoms. The normalized spacial score (nSPS) is 24.2. The van der Waals surface area contributed by atoms with E-state index in [1.54, 1.807) is 20.8 Å². The Kier molecular flexibility index (Phi) is 3.94. The van der Waals surface area contributed by atoms with Crippen LogP contribution >= 0.6 is 0 Å². The number of benzene rings is 1. The van der Waals surface area contributed by atoms with E-state index in [0.29, 0.717) is 6.42 Å². The Morgan fingerprint density at radius 3 is 2.48 bits per heavy atom. The number of nitrogens with one attached hydrogen (secondary N) is 1. The van der Waals surface area contributed by atoms with Gasteiger partial charge in [-0.2, -0.15) is 0 Å². The second-order valence-electron chi connectivity index (χ2n) is 6.48. The highest BCUT2D eigenvalue weighted by molar-refractivity contribution is 5.82. The molecule has 1 saturated carbocycles. The van der Waals surface area contributed by atoms with Crippen LogP contribution < -0.4 is 5.32 Å². The molecule has 5 heteroatoms. The molecule has 1 aliphatic carbocycles. The number of rotatable bonds is 4. The van der Waals surface area contributed by atoms with Gasteiger partial charge in [0.25, 0.3) is 0 Å². The first-order valence-corrected chi connectivity index (χ1v) is 7.00. The lowest BCUT2D eigenvalue weighted by molar-refractivity contribution is -0.143. The molecule has 2 unspecified atom stereocenters. The smallest absolute Gasteiger partial charge is 0.407 e. The van der Waals surface area contributed by atoms with Crippen molar-refractivity contribution in [3.8, 4) is 0 Å². The van der Waals surface area contributed by atoms with Gasteiger partial charge in [-0.15, -0.1) is 0 Å². The van der Waals surface area contributed by atoms with E-state index in [4.69, 9.17) is 4.74 Å². The quantitative estimate of drug-likeness (QED) is 0.894. The first-order chi connectivity index (χ1) is 9.74. The summed E-state index contributed by atoms with van der Waals surface area (Å²) in [5.41, 5.74) is -0.521. The molecule has 2 rings (SSSR count). The van der Waals surface area contributed by atoms with E-state index in [0.717, 1.165) is 5.56 Å². The summed E-state index contributed by atoms with van der Waals surface area (Å²) >= 11 is 0. The molecule has 0 heterocycles. The van der Waals surface area contributed by atoms with E-state index in [9.17, 15) is 14.7 Å². The lowest BCUT2D eigenvalue weighted by atomic mass is 9.99. The van der Waals surface area contributed by atoms with Crippen molar-refractivity contribution in [2.75, 3.05) is 6.54 Å². The monoisotopic (exact) mass is 291 g/mol. The van der Waals surface area contributed by atoms with Crippen LogP contribution in [0.1, 0.15) is 38.7 Å². The maximum atomic E-state index is 11.7. The van der Waals surface area contributed by atoms with Crippen molar-refractivity contribution in [3.63, 3.8) is 0 Å². The van der Waals surface area contributed by atoms with Crippen LogP contribution in [0.4, 0.5) is 4.79 Å². The van der Waals surface area contributed by atoms with E-state index in [1.165, 1.54) is 0 Å². The molecular formula is C16H21NO4. The van der Waals surface area contributed by atoms with E-state index >= 15 is 0 Å². The molecular weight excluding hydrogens is 270 g/mol. The Bertz CT molecular complexity index is 535. The number of carbonyl (C=O) groups excluding carboxylic acids is 1. The van der Waals surface area contributed by atoms with Crippen molar-refractivity contribution in [2.45, 2.75) is 38.7 Å². The minimum Gasteiger partial charge on any atom is -0.481 e. The number of carboxylic acids is 1. The largest absolute Gasteiger partial charge is 0.481 e. The average Bonchev–Trinajstić information content (AvgIpc) is 3.12. The van der Waals surface area contributed by atoms with Crippen LogP contribution in [0.25, 0.3) is 0 Å². The molecule has 1 amide bonds. The molecule has 1 aromatic carbocycles. The summed E-state index contributed by atoms with van der Waals surface area (Å²) in [5, 5.41) is 12.1. The molecule has 0 aromatic heterocycles. The van der Waals surface area contributed by atoms with E-state index in [2.05, 4.69) is 5.32 Å². The van der Waals surface area contributed by atoms with Crippen LogP contribution in [-0.4, -0.2) is 29.3 Å². The average molecular weight is 291 g/mol. The number of aliphatic carboxylic acids is 1. The van der Waals surface area contributed by atoms with Crippen LogP contribution in [0.2, 0.25) is 0 Å². The Labute approximate surface area is 124 Å². The molecule has 2 atom stereocenters. The van der Waals surface area contributed by atoms with Gasteiger partial charge in [0, 0.05) is 12.5 Å². The van der Waals surface area contributed by atoms with Gasteiger partial charge in [-0.25, -0.2) is 4.79 Å². The van der Waals surface area contributed by atoms with Gasteiger partial charge in [0.05, 0.1) is 5.41 Å². The number of ether oxygens (including phenoxy) is 1. The van der Waals surface area contributed by atoms with E-state index in [-0.39, 0.29) is 12.5 Å². The highest BCUT2D eigenvalue weighted by Crippen LogP contribution is 2.59. The van der Waals surface area contributed by atoms with Crippen molar-refractivity contribution >= 4 is 12.1 Å². The molecule has 5 nitrogen and oxygen atoms in total. The van der Waals surface area contributed by atoms with Crippen LogP contribution in [0, 0.1) is 5.41 Å². The fraction of sp³-hybridized carbons (Fsp3) is 0.500. The van der Waals surface area contributed by atoms with Gasteiger partial charge in [-0.05, 0) is 32.8 Å². The zero-order valence-electron chi connectivity index (χ0n) is 12.6. The van der Waals surface area contributed by atoms with Gasteiger partial charge in [-0.3, -0.25) is 4.79 Å². The summed E-state index contributed by atoms with van der Waals surface area (Å²) < 4.78 is 5.14. The Morgan fingerprint density at radius 1 is 1.33 bits per heavy atom. The predicted molar refractivity (Wildman–Crippen MR) is 78.1 cm³/mol. The zero-order valence-corrected chi connectivity index (χ0v) is 12.6. The second-order valence-corrected chi connectivity index (χ2v) is 6.48. The standard InChI is InChI=1S/C16H21NO4/c1-15(2,3)21-14(20)17-10-16(13(18)19)9-12(16)11-7-5-4-6-8-11/h4-8,12H,9-10H2,1-3H3,(H,17,20)(H,18,19). The highest BCUT2D eigenvalue weighted by atomic mass is 16.6. The van der Waals surface area contributed by atoms with E-state index < -0.39 is 23.1 Å². The van der Waals surface area contributed by atoms with Crippen LogP contribution in [0.5, 0.6) is 0 Å². The number of alkyl carbamates (subject to hydrolysis) is 1. The van der Waals surface area contributed by atoms with Gasteiger partial charge >= 0.3 is 12.1 Å². The number of hydrogen-bond acceptors (Lipinski definition) is 3. The summed E-state index contributed by atoms with van der Waals surface area (Å²) in [4.78, 5) is 23.2. The maximum absolute atomic E-state index is 11.7. The molecule has 0 spiro atoms. The molecule has 114 valence electrons. The first-order valence-electron chi connectivity index (χ1n) is 7.00. The van der Waals surface area contributed by atoms with Gasteiger partial charge in [0.2, 0.25) is 0 Å². The van der Waals surface area contributed by atoms with Crippen molar-refractivity contribution in [1.29, 1.82) is 0 Å². The van der Waals surface area contributed by atoms with Crippen molar-refractivity contribution in [2.24, 2.45) is 5.41 Å². The Hall–Kier alpha value is -2.04. The van der Waals surface area contributed by atoms with Crippen molar-refractivity contribution in [1.82, 2.24) is 5.32 Å². The number of carboxylic acid groups (broad SMARTS) is 1. The van der Waals surface area contributed by atoms with Gasteiger partial charge in [-0.1, -0.05) is 30.3 Å². The summed E-state index contributed by atoms with van der Waals surface area (Å²) in [6.45, 7) is 5.38. The number of carbonyl (C=O) groups is 2.